The summed E-state index contributed by atoms with van der Waals surface area (Å²) in [6.45, 7) is 3.04. The fraction of sp³-hybridized carbons (Fsp3) is 0.353. The van der Waals surface area contributed by atoms with E-state index in [1.54, 1.807) is 0 Å². The monoisotopic (exact) mass is 299 g/mol. The number of benzene rings is 1. The maximum absolute atomic E-state index is 5.96. The van der Waals surface area contributed by atoms with Gasteiger partial charge in [-0.3, -0.25) is 0 Å². The highest BCUT2D eigenvalue weighted by Gasteiger charge is 2.23. The van der Waals surface area contributed by atoms with Gasteiger partial charge in [0.05, 0.1) is 0 Å². The predicted molar refractivity (Wildman–Crippen MR) is 79.9 cm³/mol. The van der Waals surface area contributed by atoms with Crippen molar-refractivity contribution in [3.05, 3.63) is 42.1 Å². The minimum Gasteiger partial charge on any atom is -0.486 e. The largest absolute Gasteiger partial charge is 0.486 e. The third kappa shape index (κ3) is 2.54. The van der Waals surface area contributed by atoms with Gasteiger partial charge in [-0.05, 0) is 31.2 Å². The third-order valence-electron chi connectivity index (χ3n) is 3.67. The Labute approximate surface area is 128 Å². The molecule has 0 aliphatic carbocycles. The molecule has 5 nitrogen and oxygen atoms in total. The normalized spacial score (nSPS) is 22.2. The van der Waals surface area contributed by atoms with E-state index in [0.29, 0.717) is 31.3 Å². The van der Waals surface area contributed by atoms with Gasteiger partial charge in [0.1, 0.15) is 25.4 Å². The van der Waals surface area contributed by atoms with Crippen molar-refractivity contribution in [1.29, 1.82) is 0 Å². The minimum absolute atomic E-state index is 0.0244. The minimum atomic E-state index is -0.0533. The quantitative estimate of drug-likeness (QED) is 0.853. The fourth-order valence-corrected chi connectivity index (χ4v) is 2.60. The van der Waals surface area contributed by atoms with Crippen molar-refractivity contribution in [3.8, 4) is 23.1 Å². The van der Waals surface area contributed by atoms with Crippen molar-refractivity contribution in [1.82, 2.24) is 4.98 Å². The summed E-state index contributed by atoms with van der Waals surface area (Å²) < 4.78 is 23.0. The molecular weight excluding hydrogens is 282 g/mol. The summed E-state index contributed by atoms with van der Waals surface area (Å²) in [5.41, 5.74) is 0.907. The highest BCUT2D eigenvalue weighted by atomic mass is 16.6. The van der Waals surface area contributed by atoms with E-state index < -0.39 is 0 Å². The van der Waals surface area contributed by atoms with Crippen LogP contribution < -0.4 is 18.9 Å². The van der Waals surface area contributed by atoms with Crippen molar-refractivity contribution in [3.63, 3.8) is 0 Å². The van der Waals surface area contributed by atoms with Crippen LogP contribution in [0, 0.1) is 0 Å². The molecule has 0 spiro atoms. The molecule has 4 rings (SSSR count). The SMILES string of the molecule is C[C@H]1COc2ccc(CC3COc4ccccc4O3)nc2O1. The summed E-state index contributed by atoms with van der Waals surface area (Å²) in [5.74, 6) is 2.84. The first-order chi connectivity index (χ1) is 10.8. The number of hydrogen-bond donors (Lipinski definition) is 0. The molecule has 1 aromatic carbocycles. The van der Waals surface area contributed by atoms with E-state index in [-0.39, 0.29) is 12.2 Å². The average molecular weight is 299 g/mol. The molecule has 2 atom stereocenters. The molecular formula is C17H17NO4. The molecule has 3 heterocycles. The predicted octanol–water partition coefficient (Wildman–Crippen LogP) is 2.62. The molecule has 0 saturated carbocycles. The van der Waals surface area contributed by atoms with Gasteiger partial charge in [0.25, 0.3) is 5.88 Å². The molecule has 2 aliphatic rings. The Morgan fingerprint density at radius 3 is 2.68 bits per heavy atom. The van der Waals surface area contributed by atoms with E-state index in [4.69, 9.17) is 18.9 Å². The van der Waals surface area contributed by atoms with Crippen molar-refractivity contribution < 1.29 is 18.9 Å². The molecule has 2 aromatic rings. The Morgan fingerprint density at radius 1 is 0.955 bits per heavy atom. The van der Waals surface area contributed by atoms with Gasteiger partial charge in [-0.1, -0.05) is 12.1 Å². The molecule has 22 heavy (non-hydrogen) atoms. The first kappa shape index (κ1) is 13.2. The van der Waals surface area contributed by atoms with Crippen LogP contribution in [-0.4, -0.2) is 30.4 Å². The highest BCUT2D eigenvalue weighted by molar-refractivity contribution is 5.41. The number of hydrogen-bond acceptors (Lipinski definition) is 5. The van der Waals surface area contributed by atoms with Gasteiger partial charge in [-0.25, -0.2) is 4.98 Å². The van der Waals surface area contributed by atoms with Crippen LogP contribution in [0.3, 0.4) is 0 Å². The van der Waals surface area contributed by atoms with E-state index in [1.165, 1.54) is 0 Å². The molecule has 2 aliphatic heterocycles. The van der Waals surface area contributed by atoms with E-state index in [0.717, 1.165) is 17.2 Å². The van der Waals surface area contributed by atoms with E-state index >= 15 is 0 Å². The van der Waals surface area contributed by atoms with Gasteiger partial charge in [-0.15, -0.1) is 0 Å². The second kappa shape index (κ2) is 5.40. The lowest BCUT2D eigenvalue weighted by Gasteiger charge is -2.27. The lowest BCUT2D eigenvalue weighted by molar-refractivity contribution is 0.0875. The Kier molecular flexibility index (Phi) is 3.25. The van der Waals surface area contributed by atoms with Crippen LogP contribution in [0.2, 0.25) is 0 Å². The van der Waals surface area contributed by atoms with Crippen molar-refractivity contribution >= 4 is 0 Å². The molecule has 0 fully saturated rings. The van der Waals surface area contributed by atoms with Gasteiger partial charge in [0, 0.05) is 12.1 Å². The summed E-state index contributed by atoms with van der Waals surface area (Å²) in [7, 11) is 0. The van der Waals surface area contributed by atoms with Gasteiger partial charge in [0.15, 0.2) is 17.2 Å². The zero-order chi connectivity index (χ0) is 14.9. The number of ether oxygens (including phenoxy) is 4. The molecule has 1 unspecified atom stereocenters. The summed E-state index contributed by atoms with van der Waals surface area (Å²) >= 11 is 0. The maximum atomic E-state index is 5.96. The van der Waals surface area contributed by atoms with Gasteiger partial charge in [0.2, 0.25) is 0 Å². The number of para-hydroxylation sites is 2. The Hall–Kier alpha value is -2.43. The van der Waals surface area contributed by atoms with Crippen LogP contribution in [0.1, 0.15) is 12.6 Å². The van der Waals surface area contributed by atoms with Crippen LogP contribution in [0.4, 0.5) is 0 Å². The molecule has 5 heteroatoms. The highest BCUT2D eigenvalue weighted by Crippen LogP contribution is 2.33. The summed E-state index contributed by atoms with van der Waals surface area (Å²) in [5, 5.41) is 0. The molecule has 114 valence electrons. The maximum Gasteiger partial charge on any atom is 0.257 e. The average Bonchev–Trinajstić information content (AvgIpc) is 2.54. The Morgan fingerprint density at radius 2 is 1.77 bits per heavy atom. The number of nitrogens with zero attached hydrogens (tertiary/aromatic N) is 1. The molecule has 0 bridgehead atoms. The lowest BCUT2D eigenvalue weighted by atomic mass is 10.1. The zero-order valence-corrected chi connectivity index (χ0v) is 12.3. The second-order valence-electron chi connectivity index (χ2n) is 5.55. The summed E-state index contributed by atoms with van der Waals surface area (Å²) in [6.07, 6.45) is 0.637. The number of rotatable bonds is 2. The molecule has 0 saturated heterocycles. The first-order valence-electron chi connectivity index (χ1n) is 7.46. The Bertz CT molecular complexity index is 688. The molecule has 1 aromatic heterocycles. The smallest absolute Gasteiger partial charge is 0.257 e. The third-order valence-corrected chi connectivity index (χ3v) is 3.67. The van der Waals surface area contributed by atoms with Crippen LogP contribution in [0.15, 0.2) is 36.4 Å². The van der Waals surface area contributed by atoms with Crippen LogP contribution >= 0.6 is 0 Å². The second-order valence-corrected chi connectivity index (χ2v) is 5.55. The zero-order valence-electron chi connectivity index (χ0n) is 12.3. The van der Waals surface area contributed by atoms with Crippen molar-refractivity contribution in [2.24, 2.45) is 0 Å². The number of fused-ring (bicyclic) bond motifs is 2. The summed E-state index contributed by atoms with van der Waals surface area (Å²) in [4.78, 5) is 4.53. The lowest BCUT2D eigenvalue weighted by Crippen LogP contribution is -2.31. The van der Waals surface area contributed by atoms with Crippen LogP contribution in [0.25, 0.3) is 0 Å². The first-order valence-corrected chi connectivity index (χ1v) is 7.46. The van der Waals surface area contributed by atoms with E-state index in [9.17, 15) is 0 Å². The molecule has 0 radical (unpaired) electrons. The van der Waals surface area contributed by atoms with E-state index in [1.807, 2.05) is 43.3 Å². The standard InChI is InChI=1S/C17H17NO4/c1-11-9-19-16-7-6-12(18-17(16)21-11)8-13-10-20-14-4-2-3-5-15(14)22-13/h2-7,11,13H,8-10H2,1H3/t11-,13?/m0/s1. The van der Waals surface area contributed by atoms with Crippen LogP contribution in [0.5, 0.6) is 23.1 Å². The van der Waals surface area contributed by atoms with Gasteiger partial charge in [-0.2, -0.15) is 0 Å². The number of aromatic nitrogens is 1. The number of pyridine rings is 1. The van der Waals surface area contributed by atoms with Gasteiger partial charge < -0.3 is 18.9 Å². The molecule has 0 N–H and O–H groups in total. The topological polar surface area (TPSA) is 49.8 Å². The summed E-state index contributed by atoms with van der Waals surface area (Å²) in [6, 6.07) is 11.6. The van der Waals surface area contributed by atoms with E-state index in [2.05, 4.69) is 4.98 Å². The van der Waals surface area contributed by atoms with Gasteiger partial charge >= 0.3 is 0 Å². The fourth-order valence-electron chi connectivity index (χ4n) is 2.60. The van der Waals surface area contributed by atoms with Crippen molar-refractivity contribution in [2.45, 2.75) is 25.6 Å². The van der Waals surface area contributed by atoms with Crippen LogP contribution in [-0.2, 0) is 6.42 Å². The van der Waals surface area contributed by atoms with Crippen molar-refractivity contribution in [2.75, 3.05) is 13.2 Å². The molecule has 0 amide bonds. The Balaban J connectivity index is 1.49.